The summed E-state index contributed by atoms with van der Waals surface area (Å²) in [7, 11) is 0. The monoisotopic (exact) mass is 260 g/mol. The van der Waals surface area contributed by atoms with Crippen molar-refractivity contribution in [2.45, 2.75) is 66.2 Å². The Bertz CT molecular complexity index is 427. The van der Waals surface area contributed by atoms with Gasteiger partial charge in [-0.25, -0.2) is 0 Å². The first-order valence-corrected chi connectivity index (χ1v) is 7.50. The molecule has 1 aromatic rings. The molecule has 0 unspecified atom stereocenters. The van der Waals surface area contributed by atoms with Crippen molar-refractivity contribution in [1.29, 1.82) is 0 Å². The molecule has 0 aromatic heterocycles. The van der Waals surface area contributed by atoms with Crippen molar-refractivity contribution < 1.29 is 4.79 Å². The van der Waals surface area contributed by atoms with Gasteiger partial charge in [0.1, 0.15) is 0 Å². The molecule has 0 aliphatic heterocycles. The first-order chi connectivity index (χ1) is 8.82. The zero-order chi connectivity index (χ0) is 14.6. The summed E-state index contributed by atoms with van der Waals surface area (Å²) >= 11 is 0. The summed E-state index contributed by atoms with van der Waals surface area (Å²) in [5, 5.41) is 0. The molecule has 19 heavy (non-hydrogen) atoms. The van der Waals surface area contributed by atoms with Gasteiger partial charge >= 0.3 is 0 Å². The summed E-state index contributed by atoms with van der Waals surface area (Å²) in [5.74, 6) is 1.79. The van der Waals surface area contributed by atoms with Crippen molar-refractivity contribution in [3.8, 4) is 0 Å². The van der Waals surface area contributed by atoms with Gasteiger partial charge in [0, 0.05) is 12.0 Å². The summed E-state index contributed by atoms with van der Waals surface area (Å²) < 4.78 is 0. The number of hydrogen-bond acceptors (Lipinski definition) is 1. The van der Waals surface area contributed by atoms with Crippen LogP contribution in [0.5, 0.6) is 0 Å². The Morgan fingerprint density at radius 2 is 1.63 bits per heavy atom. The van der Waals surface area contributed by atoms with Crippen molar-refractivity contribution >= 4 is 5.78 Å². The van der Waals surface area contributed by atoms with Crippen LogP contribution in [0.3, 0.4) is 0 Å². The third kappa shape index (κ3) is 4.49. The molecule has 0 fully saturated rings. The Morgan fingerprint density at radius 3 is 2.11 bits per heavy atom. The van der Waals surface area contributed by atoms with E-state index in [4.69, 9.17) is 0 Å². The minimum atomic E-state index is 0.299. The second kappa shape index (κ2) is 6.88. The Kier molecular flexibility index (Phi) is 5.78. The number of Topliss-reactive ketones (excluding diaryl/α,β-unsaturated/α-hetero) is 1. The van der Waals surface area contributed by atoms with Gasteiger partial charge in [-0.1, -0.05) is 59.7 Å². The van der Waals surface area contributed by atoms with Gasteiger partial charge in [0.25, 0.3) is 0 Å². The van der Waals surface area contributed by atoms with E-state index in [1.165, 1.54) is 11.1 Å². The lowest BCUT2D eigenvalue weighted by Crippen LogP contribution is -2.07. The maximum Gasteiger partial charge on any atom is 0.163 e. The van der Waals surface area contributed by atoms with Crippen LogP contribution in [-0.4, -0.2) is 5.78 Å². The van der Waals surface area contributed by atoms with E-state index in [1.54, 1.807) is 0 Å². The molecular weight excluding hydrogens is 232 g/mol. The van der Waals surface area contributed by atoms with Gasteiger partial charge in [0.05, 0.1) is 0 Å². The molecule has 0 amide bonds. The molecule has 0 aliphatic rings. The number of carbonyl (C=O) groups excluding carboxylic acids is 1. The average Bonchev–Trinajstić information content (AvgIpc) is 2.34. The minimum Gasteiger partial charge on any atom is -0.294 e. The summed E-state index contributed by atoms with van der Waals surface area (Å²) in [5.41, 5.74) is 3.46. The van der Waals surface area contributed by atoms with Crippen LogP contribution < -0.4 is 0 Å². The third-order valence-electron chi connectivity index (χ3n) is 3.61. The van der Waals surface area contributed by atoms with E-state index in [0.29, 0.717) is 30.0 Å². The van der Waals surface area contributed by atoms with Gasteiger partial charge in [0.2, 0.25) is 0 Å². The fourth-order valence-electron chi connectivity index (χ4n) is 2.23. The van der Waals surface area contributed by atoms with Crippen molar-refractivity contribution in [3.05, 3.63) is 34.9 Å². The number of carbonyl (C=O) groups is 1. The van der Waals surface area contributed by atoms with Gasteiger partial charge < -0.3 is 0 Å². The van der Waals surface area contributed by atoms with Gasteiger partial charge in [-0.3, -0.25) is 4.79 Å². The van der Waals surface area contributed by atoms with E-state index in [2.05, 4.69) is 53.7 Å². The van der Waals surface area contributed by atoms with Crippen molar-refractivity contribution in [2.75, 3.05) is 0 Å². The minimum absolute atomic E-state index is 0.299. The zero-order valence-corrected chi connectivity index (χ0v) is 13.3. The fourth-order valence-corrected chi connectivity index (χ4v) is 2.23. The zero-order valence-electron chi connectivity index (χ0n) is 13.3. The molecule has 0 bridgehead atoms. The van der Waals surface area contributed by atoms with Crippen LogP contribution in [0.1, 0.15) is 87.7 Å². The normalized spacial score (nSPS) is 11.6. The highest BCUT2D eigenvalue weighted by molar-refractivity contribution is 5.97. The Morgan fingerprint density at radius 1 is 1.00 bits per heavy atom. The van der Waals surface area contributed by atoms with E-state index >= 15 is 0 Å². The lowest BCUT2D eigenvalue weighted by atomic mass is 9.88. The number of benzene rings is 1. The van der Waals surface area contributed by atoms with Crippen LogP contribution in [-0.2, 0) is 0 Å². The van der Waals surface area contributed by atoms with Crippen LogP contribution in [0.25, 0.3) is 0 Å². The number of ketones is 1. The molecule has 0 N–H and O–H groups in total. The van der Waals surface area contributed by atoms with Gasteiger partial charge in [0.15, 0.2) is 5.78 Å². The predicted octanol–water partition coefficient (Wildman–Crippen LogP) is 5.55. The van der Waals surface area contributed by atoms with E-state index < -0.39 is 0 Å². The second-order valence-corrected chi connectivity index (χ2v) is 6.51. The molecule has 1 aromatic carbocycles. The Balaban J connectivity index is 3.03. The topological polar surface area (TPSA) is 17.1 Å². The highest BCUT2D eigenvalue weighted by Crippen LogP contribution is 2.26. The lowest BCUT2D eigenvalue weighted by Gasteiger charge is -2.16. The average molecular weight is 260 g/mol. The van der Waals surface area contributed by atoms with Crippen molar-refractivity contribution in [1.82, 2.24) is 0 Å². The van der Waals surface area contributed by atoms with Crippen molar-refractivity contribution in [2.24, 2.45) is 5.92 Å². The van der Waals surface area contributed by atoms with Crippen LogP contribution >= 0.6 is 0 Å². The molecule has 0 atom stereocenters. The fraction of sp³-hybridized carbons (Fsp3) is 0.611. The molecule has 106 valence electrons. The summed E-state index contributed by atoms with van der Waals surface area (Å²) in [6.45, 7) is 13.0. The summed E-state index contributed by atoms with van der Waals surface area (Å²) in [6.07, 6.45) is 1.64. The van der Waals surface area contributed by atoms with E-state index in [9.17, 15) is 4.79 Å². The third-order valence-corrected chi connectivity index (χ3v) is 3.61. The first-order valence-electron chi connectivity index (χ1n) is 7.50. The first kappa shape index (κ1) is 15.9. The van der Waals surface area contributed by atoms with E-state index in [-0.39, 0.29) is 0 Å². The van der Waals surface area contributed by atoms with Crippen LogP contribution in [0, 0.1) is 5.92 Å². The largest absolute Gasteiger partial charge is 0.294 e. The second-order valence-electron chi connectivity index (χ2n) is 6.51. The summed E-state index contributed by atoms with van der Waals surface area (Å²) in [4.78, 5) is 12.4. The summed E-state index contributed by atoms with van der Waals surface area (Å²) in [6, 6.07) is 6.37. The van der Waals surface area contributed by atoms with Gasteiger partial charge in [-0.2, -0.15) is 0 Å². The van der Waals surface area contributed by atoms with Crippen LogP contribution in [0.2, 0.25) is 0 Å². The Labute approximate surface area is 118 Å². The van der Waals surface area contributed by atoms with Crippen LogP contribution in [0.15, 0.2) is 18.2 Å². The molecule has 0 spiro atoms. The van der Waals surface area contributed by atoms with Crippen LogP contribution in [0.4, 0.5) is 0 Å². The predicted molar refractivity (Wildman–Crippen MR) is 83.0 cm³/mol. The smallest absolute Gasteiger partial charge is 0.163 e. The molecule has 0 aliphatic carbocycles. The number of hydrogen-bond donors (Lipinski definition) is 0. The lowest BCUT2D eigenvalue weighted by molar-refractivity contribution is 0.0974. The molecule has 0 saturated heterocycles. The highest BCUT2D eigenvalue weighted by atomic mass is 16.1. The van der Waals surface area contributed by atoms with Gasteiger partial charge in [-0.15, -0.1) is 0 Å². The molecule has 1 nitrogen and oxygen atoms in total. The highest BCUT2D eigenvalue weighted by Gasteiger charge is 2.15. The molecular formula is C18H28O. The maximum atomic E-state index is 12.4. The molecule has 1 rings (SSSR count). The van der Waals surface area contributed by atoms with E-state index in [0.717, 1.165) is 12.0 Å². The van der Waals surface area contributed by atoms with E-state index in [1.807, 2.05) is 6.07 Å². The standard InChI is InChI=1S/C18H28O/c1-12(2)7-10-18(19)16-9-8-15(13(3)4)11-17(16)14(5)6/h8-9,11-14H,7,10H2,1-6H3. The quantitative estimate of drug-likeness (QED) is 0.613. The molecule has 0 heterocycles. The molecule has 0 saturated carbocycles. The molecule has 0 radical (unpaired) electrons. The SMILES string of the molecule is CC(C)CCC(=O)c1ccc(C(C)C)cc1C(C)C. The van der Waals surface area contributed by atoms with Crippen molar-refractivity contribution in [3.63, 3.8) is 0 Å². The maximum absolute atomic E-state index is 12.4. The molecule has 1 heteroatoms. The number of rotatable bonds is 6. The Hall–Kier alpha value is -1.11. The van der Waals surface area contributed by atoms with Gasteiger partial charge in [-0.05, 0) is 35.3 Å².